The lowest BCUT2D eigenvalue weighted by Crippen LogP contribution is -2.09. The van der Waals surface area contributed by atoms with Crippen LogP contribution >= 0.6 is 0 Å². The molecule has 15 heavy (non-hydrogen) atoms. The van der Waals surface area contributed by atoms with Gasteiger partial charge in [-0.2, -0.15) is 0 Å². The molecule has 1 unspecified atom stereocenters. The largest absolute Gasteiger partial charge is 0.324 e. The van der Waals surface area contributed by atoms with Crippen LogP contribution < -0.4 is 5.73 Å². The second-order valence-corrected chi connectivity index (χ2v) is 3.57. The van der Waals surface area contributed by atoms with Crippen LogP contribution in [0.15, 0.2) is 49.3 Å². The van der Waals surface area contributed by atoms with Gasteiger partial charge in [0.25, 0.3) is 0 Å². The van der Waals surface area contributed by atoms with Gasteiger partial charge >= 0.3 is 0 Å². The van der Waals surface area contributed by atoms with Crippen molar-refractivity contribution in [1.29, 1.82) is 0 Å². The van der Waals surface area contributed by atoms with E-state index >= 15 is 0 Å². The summed E-state index contributed by atoms with van der Waals surface area (Å²) in [4.78, 5) is 4.13. The maximum absolute atomic E-state index is 6.07. The first-order valence-corrected chi connectivity index (χ1v) is 5.02. The van der Waals surface area contributed by atoms with Crippen LogP contribution in [0.3, 0.4) is 0 Å². The Bertz CT molecular complexity index is 471. The van der Waals surface area contributed by atoms with E-state index in [0.29, 0.717) is 0 Å². The SMILES string of the molecule is C=CCC(N)c1cccc2ccncc12. The van der Waals surface area contributed by atoms with Crippen molar-refractivity contribution < 1.29 is 0 Å². The molecule has 0 saturated heterocycles. The molecule has 0 aliphatic heterocycles. The minimum absolute atomic E-state index is 0.00963. The Morgan fingerprint density at radius 3 is 3.07 bits per heavy atom. The molecule has 2 rings (SSSR count). The van der Waals surface area contributed by atoms with Crippen molar-refractivity contribution in [2.24, 2.45) is 5.73 Å². The molecule has 1 atom stereocenters. The van der Waals surface area contributed by atoms with Gasteiger partial charge in [-0.1, -0.05) is 24.3 Å². The van der Waals surface area contributed by atoms with Gasteiger partial charge in [0.1, 0.15) is 0 Å². The fourth-order valence-corrected chi connectivity index (χ4v) is 1.77. The predicted octanol–water partition coefficient (Wildman–Crippen LogP) is 2.81. The molecule has 1 heterocycles. The first kappa shape index (κ1) is 9.87. The van der Waals surface area contributed by atoms with E-state index in [1.54, 1.807) is 6.20 Å². The minimum atomic E-state index is 0.00963. The van der Waals surface area contributed by atoms with E-state index in [-0.39, 0.29) is 6.04 Å². The maximum atomic E-state index is 6.07. The van der Waals surface area contributed by atoms with Gasteiger partial charge in [0.2, 0.25) is 0 Å². The zero-order valence-electron chi connectivity index (χ0n) is 8.56. The summed E-state index contributed by atoms with van der Waals surface area (Å²) >= 11 is 0. The molecule has 76 valence electrons. The average Bonchev–Trinajstić information content (AvgIpc) is 2.28. The van der Waals surface area contributed by atoms with Gasteiger partial charge < -0.3 is 5.73 Å². The van der Waals surface area contributed by atoms with E-state index in [0.717, 1.165) is 17.4 Å². The zero-order valence-corrected chi connectivity index (χ0v) is 8.56. The van der Waals surface area contributed by atoms with Crippen molar-refractivity contribution in [2.45, 2.75) is 12.5 Å². The Morgan fingerprint density at radius 1 is 1.40 bits per heavy atom. The molecule has 0 aliphatic rings. The van der Waals surface area contributed by atoms with Gasteiger partial charge in [-0.25, -0.2) is 0 Å². The molecule has 0 fully saturated rings. The highest BCUT2D eigenvalue weighted by Gasteiger charge is 2.07. The van der Waals surface area contributed by atoms with Crippen molar-refractivity contribution in [3.8, 4) is 0 Å². The summed E-state index contributed by atoms with van der Waals surface area (Å²) in [6, 6.07) is 8.16. The van der Waals surface area contributed by atoms with Crippen LogP contribution in [0, 0.1) is 0 Å². The van der Waals surface area contributed by atoms with Gasteiger partial charge in [-0.15, -0.1) is 6.58 Å². The Morgan fingerprint density at radius 2 is 2.27 bits per heavy atom. The van der Waals surface area contributed by atoms with E-state index in [1.807, 2.05) is 24.4 Å². The third-order valence-electron chi connectivity index (χ3n) is 2.54. The van der Waals surface area contributed by atoms with Crippen molar-refractivity contribution in [2.75, 3.05) is 0 Å². The highest BCUT2D eigenvalue weighted by atomic mass is 14.6. The number of nitrogens with zero attached hydrogens (tertiary/aromatic N) is 1. The summed E-state index contributed by atoms with van der Waals surface area (Å²) in [5.74, 6) is 0. The molecule has 1 aromatic carbocycles. The van der Waals surface area contributed by atoms with Crippen LogP contribution in [-0.4, -0.2) is 4.98 Å². The third-order valence-corrected chi connectivity index (χ3v) is 2.54. The highest BCUT2D eigenvalue weighted by Crippen LogP contribution is 2.23. The second kappa shape index (κ2) is 4.24. The quantitative estimate of drug-likeness (QED) is 0.770. The molecule has 0 bridgehead atoms. The van der Waals surface area contributed by atoms with Crippen molar-refractivity contribution in [3.63, 3.8) is 0 Å². The van der Waals surface area contributed by atoms with Gasteiger partial charge in [0.15, 0.2) is 0 Å². The van der Waals surface area contributed by atoms with Gasteiger partial charge in [0.05, 0.1) is 0 Å². The van der Waals surface area contributed by atoms with Crippen LogP contribution in [0.25, 0.3) is 10.8 Å². The van der Waals surface area contributed by atoms with Crippen molar-refractivity contribution in [1.82, 2.24) is 4.98 Å². The van der Waals surface area contributed by atoms with Gasteiger partial charge in [-0.3, -0.25) is 4.98 Å². The lowest BCUT2D eigenvalue weighted by atomic mass is 9.99. The van der Waals surface area contributed by atoms with E-state index in [9.17, 15) is 0 Å². The van der Waals surface area contributed by atoms with Crippen molar-refractivity contribution >= 4 is 10.8 Å². The second-order valence-electron chi connectivity index (χ2n) is 3.57. The third kappa shape index (κ3) is 1.90. The number of aromatic nitrogens is 1. The summed E-state index contributed by atoms with van der Waals surface area (Å²) in [6.07, 6.45) is 6.30. The van der Waals surface area contributed by atoms with E-state index < -0.39 is 0 Å². The topological polar surface area (TPSA) is 38.9 Å². The molecule has 0 radical (unpaired) electrons. The van der Waals surface area contributed by atoms with Crippen LogP contribution in [0.1, 0.15) is 18.0 Å². The molecule has 1 aromatic heterocycles. The molecule has 0 spiro atoms. The Kier molecular flexibility index (Phi) is 2.79. The Balaban J connectivity index is 2.55. The van der Waals surface area contributed by atoms with Crippen molar-refractivity contribution in [3.05, 3.63) is 54.9 Å². The number of rotatable bonds is 3. The molecule has 2 aromatic rings. The fourth-order valence-electron chi connectivity index (χ4n) is 1.77. The molecule has 0 saturated carbocycles. The van der Waals surface area contributed by atoms with Crippen LogP contribution in [0.2, 0.25) is 0 Å². The number of benzene rings is 1. The first-order valence-electron chi connectivity index (χ1n) is 5.02. The number of hydrogen-bond donors (Lipinski definition) is 1. The molecule has 2 heteroatoms. The Hall–Kier alpha value is -1.67. The first-order chi connectivity index (χ1) is 7.33. The van der Waals surface area contributed by atoms with Gasteiger partial charge in [-0.05, 0) is 23.4 Å². The summed E-state index contributed by atoms with van der Waals surface area (Å²) in [6.45, 7) is 3.71. The standard InChI is InChI=1S/C13H14N2/c1-2-4-13(14)11-6-3-5-10-7-8-15-9-12(10)11/h2-3,5-9,13H,1,4,14H2. The van der Waals surface area contributed by atoms with Crippen LogP contribution in [0.5, 0.6) is 0 Å². The molecule has 0 aliphatic carbocycles. The summed E-state index contributed by atoms with van der Waals surface area (Å²) < 4.78 is 0. The minimum Gasteiger partial charge on any atom is -0.324 e. The zero-order chi connectivity index (χ0) is 10.7. The van der Waals surface area contributed by atoms with E-state index in [4.69, 9.17) is 5.73 Å². The molecule has 0 amide bonds. The lowest BCUT2D eigenvalue weighted by molar-refractivity contribution is 0.748. The molecule has 2 nitrogen and oxygen atoms in total. The van der Waals surface area contributed by atoms with Crippen LogP contribution in [0.4, 0.5) is 0 Å². The normalized spacial score (nSPS) is 12.6. The maximum Gasteiger partial charge on any atom is 0.0349 e. The smallest absolute Gasteiger partial charge is 0.0349 e. The molecular weight excluding hydrogens is 184 g/mol. The van der Waals surface area contributed by atoms with Crippen LogP contribution in [-0.2, 0) is 0 Å². The van der Waals surface area contributed by atoms with E-state index in [1.165, 1.54) is 5.39 Å². The predicted molar refractivity (Wildman–Crippen MR) is 63.5 cm³/mol. The Labute approximate surface area is 89.4 Å². The number of pyridine rings is 1. The fraction of sp³-hybridized carbons (Fsp3) is 0.154. The number of hydrogen-bond acceptors (Lipinski definition) is 2. The van der Waals surface area contributed by atoms with E-state index in [2.05, 4.69) is 23.7 Å². The highest BCUT2D eigenvalue weighted by molar-refractivity contribution is 5.85. The average molecular weight is 198 g/mol. The summed E-state index contributed by atoms with van der Waals surface area (Å²) in [7, 11) is 0. The number of fused-ring (bicyclic) bond motifs is 1. The summed E-state index contributed by atoms with van der Waals surface area (Å²) in [5, 5.41) is 2.32. The molecule has 2 N–H and O–H groups in total. The summed E-state index contributed by atoms with van der Waals surface area (Å²) in [5.41, 5.74) is 7.21. The monoisotopic (exact) mass is 198 g/mol. The molecular formula is C13H14N2. The number of nitrogens with two attached hydrogens (primary N) is 1. The van der Waals surface area contributed by atoms with Gasteiger partial charge in [0, 0.05) is 23.8 Å². The lowest BCUT2D eigenvalue weighted by Gasteiger charge is -2.12.